The van der Waals surface area contributed by atoms with Crippen molar-refractivity contribution in [3.05, 3.63) is 40.6 Å². The van der Waals surface area contributed by atoms with Gasteiger partial charge in [-0.05, 0) is 30.0 Å². The molecule has 0 spiro atoms. The monoisotopic (exact) mass is 389 g/mol. The maximum absolute atomic E-state index is 12.7. The third-order valence-electron chi connectivity index (χ3n) is 4.38. The van der Waals surface area contributed by atoms with E-state index in [4.69, 9.17) is 9.47 Å². The van der Waals surface area contributed by atoms with Crippen LogP contribution in [0.5, 0.6) is 11.5 Å². The summed E-state index contributed by atoms with van der Waals surface area (Å²) < 4.78 is 10.6. The van der Waals surface area contributed by atoms with Gasteiger partial charge in [0.15, 0.2) is 0 Å². The Kier molecular flexibility index (Phi) is 6.18. The molecule has 0 aliphatic carbocycles. The lowest BCUT2D eigenvalue weighted by Gasteiger charge is -2.21. The zero-order valence-electron chi connectivity index (χ0n) is 15.4. The number of nitrogens with one attached hydrogen (secondary N) is 1. The Morgan fingerprint density at radius 2 is 2.07 bits per heavy atom. The minimum atomic E-state index is -0.213. The molecule has 0 atom stereocenters. The van der Waals surface area contributed by atoms with E-state index >= 15 is 0 Å². The molecule has 3 rings (SSSR count). The SMILES string of the molecule is COc1ccc(OC)c(N2CCN(CC(=O)NCCc3cccs3)C2=O)c1. The van der Waals surface area contributed by atoms with E-state index in [1.54, 1.807) is 53.6 Å². The van der Waals surface area contributed by atoms with Crippen molar-refractivity contribution in [1.29, 1.82) is 0 Å². The van der Waals surface area contributed by atoms with Gasteiger partial charge in [-0.25, -0.2) is 4.79 Å². The van der Waals surface area contributed by atoms with Crippen LogP contribution in [0.25, 0.3) is 0 Å². The summed E-state index contributed by atoms with van der Waals surface area (Å²) >= 11 is 1.67. The predicted octanol–water partition coefficient (Wildman–Crippen LogP) is 2.37. The summed E-state index contributed by atoms with van der Waals surface area (Å²) in [6.45, 7) is 1.59. The van der Waals surface area contributed by atoms with Crippen LogP contribution in [0.1, 0.15) is 4.88 Å². The van der Waals surface area contributed by atoms with Gasteiger partial charge >= 0.3 is 6.03 Å². The van der Waals surface area contributed by atoms with Gasteiger partial charge < -0.3 is 19.7 Å². The number of urea groups is 1. The second-order valence-electron chi connectivity index (χ2n) is 6.07. The summed E-state index contributed by atoms with van der Waals surface area (Å²) in [5, 5.41) is 4.89. The quantitative estimate of drug-likeness (QED) is 0.752. The summed E-state index contributed by atoms with van der Waals surface area (Å²) in [5.74, 6) is 1.08. The van der Waals surface area contributed by atoms with Gasteiger partial charge in [-0.2, -0.15) is 0 Å². The van der Waals surface area contributed by atoms with Crippen LogP contribution in [-0.2, 0) is 11.2 Å². The van der Waals surface area contributed by atoms with Crippen LogP contribution in [0.4, 0.5) is 10.5 Å². The van der Waals surface area contributed by atoms with E-state index in [0.717, 1.165) is 6.42 Å². The lowest BCUT2D eigenvalue weighted by Crippen LogP contribution is -2.40. The van der Waals surface area contributed by atoms with Crippen molar-refractivity contribution < 1.29 is 19.1 Å². The Balaban J connectivity index is 1.57. The highest BCUT2D eigenvalue weighted by atomic mass is 32.1. The van der Waals surface area contributed by atoms with Gasteiger partial charge in [0.25, 0.3) is 0 Å². The molecule has 0 bridgehead atoms. The van der Waals surface area contributed by atoms with E-state index in [9.17, 15) is 9.59 Å². The summed E-state index contributed by atoms with van der Waals surface area (Å²) in [6, 6.07) is 9.13. The van der Waals surface area contributed by atoms with Gasteiger partial charge in [0.2, 0.25) is 5.91 Å². The highest BCUT2D eigenvalue weighted by molar-refractivity contribution is 7.09. The number of amides is 3. The second-order valence-corrected chi connectivity index (χ2v) is 7.11. The van der Waals surface area contributed by atoms with Crippen molar-refractivity contribution in [3.63, 3.8) is 0 Å². The van der Waals surface area contributed by atoms with E-state index in [1.807, 2.05) is 17.5 Å². The van der Waals surface area contributed by atoms with Crippen LogP contribution in [0.2, 0.25) is 0 Å². The van der Waals surface area contributed by atoms with Crippen LogP contribution in [-0.4, -0.2) is 57.2 Å². The van der Waals surface area contributed by atoms with Crippen molar-refractivity contribution in [3.8, 4) is 11.5 Å². The molecule has 1 aromatic heterocycles. The van der Waals surface area contributed by atoms with Crippen molar-refractivity contribution >= 4 is 29.0 Å². The first-order valence-corrected chi connectivity index (χ1v) is 9.58. The summed E-state index contributed by atoms with van der Waals surface area (Å²) in [5.41, 5.74) is 0.641. The third kappa shape index (κ3) is 4.51. The van der Waals surface area contributed by atoms with Crippen molar-refractivity contribution in [1.82, 2.24) is 10.2 Å². The average molecular weight is 389 g/mol. The third-order valence-corrected chi connectivity index (χ3v) is 5.32. The van der Waals surface area contributed by atoms with Gasteiger partial charge in [-0.1, -0.05) is 6.07 Å². The molecule has 0 radical (unpaired) electrons. The first kappa shape index (κ1) is 19.0. The van der Waals surface area contributed by atoms with E-state index in [1.165, 1.54) is 4.88 Å². The maximum Gasteiger partial charge on any atom is 0.325 e. The number of hydrogen-bond acceptors (Lipinski definition) is 5. The van der Waals surface area contributed by atoms with Crippen LogP contribution in [0.15, 0.2) is 35.7 Å². The first-order valence-electron chi connectivity index (χ1n) is 8.70. The van der Waals surface area contributed by atoms with Crippen molar-refractivity contribution in [2.45, 2.75) is 6.42 Å². The molecule has 27 heavy (non-hydrogen) atoms. The van der Waals surface area contributed by atoms with Gasteiger partial charge in [0.1, 0.15) is 18.0 Å². The molecule has 1 fully saturated rings. The zero-order valence-corrected chi connectivity index (χ0v) is 16.3. The summed E-state index contributed by atoms with van der Waals surface area (Å²) in [4.78, 5) is 29.3. The normalized spacial score (nSPS) is 13.8. The molecule has 1 aromatic carbocycles. The van der Waals surface area contributed by atoms with Crippen molar-refractivity contribution in [2.24, 2.45) is 0 Å². The van der Waals surface area contributed by atoms with Crippen LogP contribution < -0.4 is 19.7 Å². The zero-order chi connectivity index (χ0) is 19.2. The summed E-state index contributed by atoms with van der Waals surface area (Å²) in [7, 11) is 3.13. The smallest absolute Gasteiger partial charge is 0.325 e. The van der Waals surface area contributed by atoms with Gasteiger partial charge in [0, 0.05) is 30.6 Å². The molecule has 1 N–H and O–H groups in total. The van der Waals surface area contributed by atoms with Gasteiger partial charge in [-0.15, -0.1) is 11.3 Å². The summed E-state index contributed by atoms with van der Waals surface area (Å²) in [6.07, 6.45) is 0.796. The number of rotatable bonds is 8. The number of methoxy groups -OCH3 is 2. The Morgan fingerprint density at radius 1 is 1.22 bits per heavy atom. The number of carbonyl (C=O) groups excluding carboxylic acids is 2. The van der Waals surface area contributed by atoms with E-state index in [0.29, 0.717) is 36.8 Å². The number of thiophene rings is 1. The molecule has 7 nitrogen and oxygen atoms in total. The fraction of sp³-hybridized carbons (Fsp3) is 0.368. The van der Waals surface area contributed by atoms with E-state index < -0.39 is 0 Å². The Morgan fingerprint density at radius 3 is 2.78 bits per heavy atom. The highest BCUT2D eigenvalue weighted by Gasteiger charge is 2.32. The lowest BCUT2D eigenvalue weighted by atomic mass is 10.2. The number of carbonyl (C=O) groups is 2. The fourth-order valence-corrected chi connectivity index (χ4v) is 3.68. The van der Waals surface area contributed by atoms with E-state index in [2.05, 4.69) is 5.32 Å². The number of ether oxygens (including phenoxy) is 2. The number of hydrogen-bond donors (Lipinski definition) is 1. The molecular weight excluding hydrogens is 366 g/mol. The topological polar surface area (TPSA) is 71.1 Å². The molecule has 2 aromatic rings. The average Bonchev–Trinajstić information content (AvgIpc) is 3.32. The first-order chi connectivity index (χ1) is 13.1. The molecule has 1 aliphatic heterocycles. The minimum Gasteiger partial charge on any atom is -0.497 e. The van der Waals surface area contributed by atoms with Gasteiger partial charge in [-0.3, -0.25) is 9.69 Å². The second kappa shape index (κ2) is 8.77. The largest absolute Gasteiger partial charge is 0.497 e. The lowest BCUT2D eigenvalue weighted by molar-refractivity contribution is -0.121. The molecule has 2 heterocycles. The van der Waals surface area contributed by atoms with Crippen LogP contribution >= 0.6 is 11.3 Å². The Bertz CT molecular complexity index is 794. The standard InChI is InChI=1S/C19H23N3O4S/c1-25-14-5-6-17(26-2)16(12-14)22-10-9-21(19(22)24)13-18(23)20-8-7-15-4-3-11-27-15/h3-6,11-12H,7-10,13H2,1-2H3,(H,20,23). The molecule has 0 unspecified atom stereocenters. The highest BCUT2D eigenvalue weighted by Crippen LogP contribution is 2.34. The minimum absolute atomic E-state index is 0.0477. The molecule has 3 amide bonds. The van der Waals surface area contributed by atoms with Crippen LogP contribution in [0, 0.1) is 0 Å². The number of benzene rings is 1. The predicted molar refractivity (Wildman–Crippen MR) is 105 cm³/mol. The Hall–Kier alpha value is -2.74. The number of anilines is 1. The molecule has 144 valence electrons. The fourth-order valence-electron chi connectivity index (χ4n) is 2.97. The molecule has 8 heteroatoms. The Labute approximate surface area is 162 Å². The van der Waals surface area contributed by atoms with E-state index in [-0.39, 0.29) is 18.5 Å². The molecule has 1 saturated heterocycles. The molecule has 1 aliphatic rings. The van der Waals surface area contributed by atoms with Crippen molar-refractivity contribution in [2.75, 3.05) is 45.3 Å². The molecule has 0 saturated carbocycles. The van der Waals surface area contributed by atoms with Gasteiger partial charge in [0.05, 0.1) is 19.9 Å². The maximum atomic E-state index is 12.7. The number of nitrogens with zero attached hydrogens (tertiary/aromatic N) is 2. The van der Waals surface area contributed by atoms with Crippen LogP contribution in [0.3, 0.4) is 0 Å². The molecular formula is C19H23N3O4S.